The Labute approximate surface area is 106 Å². The molecule has 0 atom stereocenters. The van der Waals surface area contributed by atoms with Gasteiger partial charge in [0.15, 0.2) is 11.6 Å². The maximum Gasteiger partial charge on any atom is 0.155 e. The van der Waals surface area contributed by atoms with Crippen LogP contribution in [-0.2, 0) is 6.54 Å². The van der Waals surface area contributed by atoms with E-state index in [2.05, 4.69) is 27.2 Å². The zero-order valence-corrected chi connectivity index (χ0v) is 9.93. The lowest BCUT2D eigenvalue weighted by Crippen LogP contribution is -2.07. The molecule has 2 rings (SSSR count). The predicted octanol–water partition coefficient (Wildman–Crippen LogP) is 2.23. The summed E-state index contributed by atoms with van der Waals surface area (Å²) in [6.07, 6.45) is 2.97. The number of benzene rings is 1. The van der Waals surface area contributed by atoms with Crippen LogP contribution < -0.4 is 16.4 Å². The van der Waals surface area contributed by atoms with Crippen LogP contribution in [0.25, 0.3) is 0 Å². The normalized spacial score (nSPS) is 9.78. The molecular weight excluding hydrogens is 226 g/mol. The van der Waals surface area contributed by atoms with Crippen LogP contribution in [0.2, 0.25) is 0 Å². The van der Waals surface area contributed by atoms with Gasteiger partial charge >= 0.3 is 0 Å². The molecule has 1 aromatic carbocycles. The predicted molar refractivity (Wildman–Crippen MR) is 74.0 cm³/mol. The van der Waals surface area contributed by atoms with E-state index in [-0.39, 0.29) is 0 Å². The molecule has 0 radical (unpaired) electrons. The summed E-state index contributed by atoms with van der Waals surface area (Å²) >= 11 is 0. The van der Waals surface area contributed by atoms with Crippen LogP contribution in [0.3, 0.4) is 0 Å². The molecular formula is C13H15N5. The van der Waals surface area contributed by atoms with E-state index in [1.807, 2.05) is 30.3 Å². The van der Waals surface area contributed by atoms with E-state index in [4.69, 9.17) is 5.73 Å². The monoisotopic (exact) mass is 241 g/mol. The summed E-state index contributed by atoms with van der Waals surface area (Å²) < 4.78 is 0. The Morgan fingerprint density at radius 3 is 2.72 bits per heavy atom. The molecule has 1 aromatic heterocycles. The van der Waals surface area contributed by atoms with Gasteiger partial charge in [-0.25, -0.2) is 9.97 Å². The molecule has 0 saturated heterocycles. The van der Waals surface area contributed by atoms with E-state index < -0.39 is 0 Å². The van der Waals surface area contributed by atoms with Gasteiger partial charge in [-0.1, -0.05) is 36.9 Å². The number of anilines is 3. The summed E-state index contributed by atoms with van der Waals surface area (Å²) in [7, 11) is 0. The fraction of sp³-hybridized carbons (Fsp3) is 0.0769. The van der Waals surface area contributed by atoms with Gasteiger partial charge in [-0.05, 0) is 11.8 Å². The zero-order chi connectivity index (χ0) is 12.8. The first-order valence-corrected chi connectivity index (χ1v) is 5.57. The van der Waals surface area contributed by atoms with Gasteiger partial charge in [-0.3, -0.25) is 0 Å². The molecule has 5 nitrogen and oxygen atoms in total. The molecule has 0 saturated carbocycles. The molecule has 0 fully saturated rings. The summed E-state index contributed by atoms with van der Waals surface area (Å²) in [5.74, 6) is 1.05. The van der Waals surface area contributed by atoms with Gasteiger partial charge in [0.2, 0.25) is 0 Å². The number of nitrogens with zero attached hydrogens (tertiary/aromatic N) is 2. The van der Waals surface area contributed by atoms with Crippen molar-refractivity contribution in [2.45, 2.75) is 6.54 Å². The number of nitrogens with one attached hydrogen (secondary N) is 2. The number of hydrogen-bond acceptors (Lipinski definition) is 5. The lowest BCUT2D eigenvalue weighted by molar-refractivity contribution is 1.09. The van der Waals surface area contributed by atoms with E-state index in [1.54, 1.807) is 6.20 Å². The van der Waals surface area contributed by atoms with Crippen molar-refractivity contribution in [3.63, 3.8) is 0 Å². The molecule has 92 valence electrons. The Balaban J connectivity index is 2.14. The van der Waals surface area contributed by atoms with Crippen molar-refractivity contribution >= 4 is 17.3 Å². The quantitative estimate of drug-likeness (QED) is 0.748. The third-order valence-electron chi connectivity index (χ3n) is 2.43. The Hall–Kier alpha value is -2.56. The highest BCUT2D eigenvalue weighted by molar-refractivity contribution is 5.75. The maximum absolute atomic E-state index is 5.78. The molecule has 18 heavy (non-hydrogen) atoms. The summed E-state index contributed by atoms with van der Waals surface area (Å²) in [6, 6.07) is 10.1. The van der Waals surface area contributed by atoms with Crippen LogP contribution in [0.5, 0.6) is 0 Å². The first kappa shape index (κ1) is 11.9. The lowest BCUT2D eigenvalue weighted by atomic mass is 10.2. The highest BCUT2D eigenvalue weighted by Crippen LogP contribution is 2.24. The van der Waals surface area contributed by atoms with Gasteiger partial charge in [0.25, 0.3) is 0 Å². The molecule has 1 heterocycles. The van der Waals surface area contributed by atoms with E-state index in [9.17, 15) is 0 Å². The van der Waals surface area contributed by atoms with Gasteiger partial charge in [-0.15, -0.1) is 0 Å². The highest BCUT2D eigenvalue weighted by Gasteiger charge is 2.06. The zero-order valence-electron chi connectivity index (χ0n) is 9.93. The Bertz CT molecular complexity index is 524. The maximum atomic E-state index is 5.78. The van der Waals surface area contributed by atoms with E-state index in [0.717, 1.165) is 0 Å². The van der Waals surface area contributed by atoms with E-state index in [1.165, 1.54) is 11.9 Å². The largest absolute Gasteiger partial charge is 0.382 e. The first-order valence-electron chi connectivity index (χ1n) is 5.57. The SMILES string of the molecule is C=CNc1c(N)ncnc1NCc1ccccc1. The summed E-state index contributed by atoms with van der Waals surface area (Å²) in [6.45, 7) is 4.28. The Morgan fingerprint density at radius 2 is 2.00 bits per heavy atom. The van der Waals surface area contributed by atoms with Crippen LogP contribution >= 0.6 is 0 Å². The molecule has 0 aliphatic carbocycles. The number of hydrogen-bond donors (Lipinski definition) is 3. The molecule has 4 N–H and O–H groups in total. The van der Waals surface area contributed by atoms with Crippen molar-refractivity contribution in [3.8, 4) is 0 Å². The first-order chi connectivity index (χ1) is 8.81. The van der Waals surface area contributed by atoms with Crippen LogP contribution in [0, 0.1) is 0 Å². The third-order valence-corrected chi connectivity index (χ3v) is 2.43. The van der Waals surface area contributed by atoms with Gasteiger partial charge in [0, 0.05) is 6.54 Å². The molecule has 0 aliphatic heterocycles. The second-order valence-corrected chi connectivity index (χ2v) is 3.67. The fourth-order valence-electron chi connectivity index (χ4n) is 1.56. The number of aromatic nitrogens is 2. The van der Waals surface area contributed by atoms with Crippen LogP contribution in [0.4, 0.5) is 17.3 Å². The van der Waals surface area contributed by atoms with Crippen molar-refractivity contribution in [2.75, 3.05) is 16.4 Å². The minimum Gasteiger partial charge on any atom is -0.382 e. The average Bonchev–Trinajstić information content (AvgIpc) is 2.41. The van der Waals surface area contributed by atoms with Gasteiger partial charge in [0.1, 0.15) is 12.0 Å². The van der Waals surface area contributed by atoms with Crippen LogP contribution in [-0.4, -0.2) is 9.97 Å². The molecule has 0 aliphatic rings. The second kappa shape index (κ2) is 5.67. The van der Waals surface area contributed by atoms with Crippen molar-refractivity contribution in [2.24, 2.45) is 0 Å². The summed E-state index contributed by atoms with van der Waals surface area (Å²) in [4.78, 5) is 8.09. The minimum atomic E-state index is 0.389. The third kappa shape index (κ3) is 2.76. The molecule has 5 heteroatoms. The van der Waals surface area contributed by atoms with E-state index in [0.29, 0.717) is 23.9 Å². The summed E-state index contributed by atoms with van der Waals surface area (Å²) in [5, 5.41) is 6.15. The molecule has 0 amide bonds. The highest BCUT2D eigenvalue weighted by atomic mass is 15.1. The number of nitrogen functional groups attached to an aromatic ring is 1. The number of nitrogens with two attached hydrogens (primary N) is 1. The second-order valence-electron chi connectivity index (χ2n) is 3.67. The topological polar surface area (TPSA) is 75.9 Å². The van der Waals surface area contributed by atoms with E-state index >= 15 is 0 Å². The standard InChI is InChI=1S/C13H15N5/c1-2-15-11-12(14)17-9-18-13(11)16-8-10-6-4-3-5-7-10/h2-7,9,15H,1,8H2,(H3,14,16,17,18). The van der Waals surface area contributed by atoms with Gasteiger partial charge in [-0.2, -0.15) is 0 Å². The van der Waals surface area contributed by atoms with Crippen molar-refractivity contribution in [3.05, 3.63) is 55.0 Å². The Kier molecular flexibility index (Phi) is 3.76. The average molecular weight is 241 g/mol. The van der Waals surface area contributed by atoms with Crippen molar-refractivity contribution < 1.29 is 0 Å². The van der Waals surface area contributed by atoms with Crippen molar-refractivity contribution in [1.82, 2.24) is 9.97 Å². The lowest BCUT2D eigenvalue weighted by Gasteiger charge is -2.11. The molecule has 0 bridgehead atoms. The van der Waals surface area contributed by atoms with Gasteiger partial charge < -0.3 is 16.4 Å². The van der Waals surface area contributed by atoms with Crippen molar-refractivity contribution in [1.29, 1.82) is 0 Å². The van der Waals surface area contributed by atoms with Crippen LogP contribution in [0.15, 0.2) is 49.4 Å². The molecule has 0 unspecified atom stereocenters. The molecule has 0 spiro atoms. The van der Waals surface area contributed by atoms with Gasteiger partial charge in [0.05, 0.1) is 0 Å². The Morgan fingerprint density at radius 1 is 1.22 bits per heavy atom. The number of rotatable bonds is 5. The summed E-state index contributed by atoms with van der Waals surface area (Å²) in [5.41, 5.74) is 7.58. The minimum absolute atomic E-state index is 0.389. The molecule has 2 aromatic rings. The van der Waals surface area contributed by atoms with Crippen LogP contribution in [0.1, 0.15) is 5.56 Å². The fourth-order valence-corrected chi connectivity index (χ4v) is 1.56. The smallest absolute Gasteiger partial charge is 0.155 e.